The Balaban J connectivity index is 0.000000213. The molecule has 0 aliphatic heterocycles. The molecule has 0 aromatic rings. The smallest absolute Gasteiger partial charge is 0.290 e. The lowest BCUT2D eigenvalue weighted by molar-refractivity contribution is -0.122. The molecule has 0 saturated heterocycles. The van der Waals surface area contributed by atoms with Gasteiger partial charge in [-0.15, -0.1) is 0 Å². The normalized spacial score (nSPS) is 21.0. The molecule has 0 radical (unpaired) electrons. The summed E-state index contributed by atoms with van der Waals surface area (Å²) in [6, 6.07) is 0. The highest BCUT2D eigenvalue weighted by molar-refractivity contribution is 5.32. The summed E-state index contributed by atoms with van der Waals surface area (Å²) in [4.78, 5) is 8.36. The van der Waals surface area contributed by atoms with Gasteiger partial charge in [-0.05, 0) is 50.6 Å². The molecule has 0 aromatic carbocycles. The van der Waals surface area contributed by atoms with Gasteiger partial charge in [-0.25, -0.2) is 0 Å². The zero-order valence-electron chi connectivity index (χ0n) is 7.33. The lowest BCUT2D eigenvalue weighted by Crippen LogP contribution is -2.19. The molecule has 0 bridgehead atoms. The zero-order chi connectivity index (χ0) is 8.81. The fourth-order valence-electron chi connectivity index (χ4n) is 1.14. The van der Waals surface area contributed by atoms with Crippen LogP contribution in [0, 0.1) is 11.8 Å². The fourth-order valence-corrected chi connectivity index (χ4v) is 1.14. The van der Waals surface area contributed by atoms with Crippen LogP contribution in [0.5, 0.6) is 0 Å². The predicted molar refractivity (Wildman–Crippen MR) is 47.0 cm³/mol. The second-order valence-electron chi connectivity index (χ2n) is 3.65. The van der Waals surface area contributed by atoms with Crippen LogP contribution in [-0.4, -0.2) is 24.7 Å². The number of hydrogen-bond donors (Lipinski definition) is 2. The maximum Gasteiger partial charge on any atom is 0.290 e. The van der Waals surface area contributed by atoms with Gasteiger partial charge in [0, 0.05) is 0 Å². The molecule has 0 atom stereocenters. The summed E-state index contributed by atoms with van der Waals surface area (Å²) in [5.74, 6) is 2.12. The predicted octanol–water partition coefficient (Wildman–Crippen LogP) is 1.10. The van der Waals surface area contributed by atoms with Gasteiger partial charge in [-0.2, -0.15) is 0 Å². The van der Waals surface area contributed by atoms with E-state index in [1.807, 2.05) is 0 Å². The number of carbonyl (C=O) groups is 1. The van der Waals surface area contributed by atoms with E-state index >= 15 is 0 Å². The van der Waals surface area contributed by atoms with Crippen molar-refractivity contribution >= 4 is 6.47 Å². The Labute approximate surface area is 73.2 Å². The highest BCUT2D eigenvalue weighted by Crippen LogP contribution is 2.30. The Morgan fingerprint density at radius 1 is 1.17 bits per heavy atom. The van der Waals surface area contributed by atoms with Crippen LogP contribution in [0.4, 0.5) is 0 Å². The maximum absolute atomic E-state index is 8.36. The summed E-state index contributed by atoms with van der Waals surface area (Å²) in [5, 5.41) is 10.4. The van der Waals surface area contributed by atoms with E-state index in [1.165, 1.54) is 38.8 Å². The average molecular weight is 171 g/mol. The number of hydrogen-bond acceptors (Lipinski definition) is 2. The minimum atomic E-state index is -0.250. The highest BCUT2D eigenvalue weighted by Gasteiger charge is 2.23. The Morgan fingerprint density at radius 3 is 1.75 bits per heavy atom. The van der Waals surface area contributed by atoms with E-state index in [4.69, 9.17) is 9.90 Å². The quantitative estimate of drug-likeness (QED) is 0.623. The van der Waals surface area contributed by atoms with Crippen molar-refractivity contribution in [3.8, 4) is 0 Å². The Morgan fingerprint density at radius 2 is 1.50 bits per heavy atom. The first-order valence-electron chi connectivity index (χ1n) is 4.65. The third-order valence-electron chi connectivity index (χ3n) is 2.26. The van der Waals surface area contributed by atoms with Gasteiger partial charge in [-0.3, -0.25) is 4.79 Å². The van der Waals surface area contributed by atoms with Crippen molar-refractivity contribution in [1.29, 1.82) is 0 Å². The van der Waals surface area contributed by atoms with Crippen molar-refractivity contribution in [3.05, 3.63) is 0 Å². The van der Waals surface area contributed by atoms with Crippen LogP contribution in [-0.2, 0) is 4.79 Å². The van der Waals surface area contributed by atoms with E-state index in [0.29, 0.717) is 0 Å². The second-order valence-corrected chi connectivity index (χ2v) is 3.65. The molecule has 70 valence electrons. The van der Waals surface area contributed by atoms with Gasteiger partial charge in [0.15, 0.2) is 0 Å². The molecular formula is C9H17NO2. The minimum Gasteiger partial charge on any atom is -0.483 e. The molecule has 0 spiro atoms. The standard InChI is InChI=1S/C8H15N.CH2O2/c1-2-7(1)5-9-6-8-3-4-8;2-1-3/h7-9H,1-6H2;1H,(H,2,3). The highest BCUT2D eigenvalue weighted by atomic mass is 16.3. The molecule has 12 heavy (non-hydrogen) atoms. The summed E-state index contributed by atoms with van der Waals surface area (Å²) in [7, 11) is 0. The molecule has 0 heterocycles. The Kier molecular flexibility index (Phi) is 4.08. The fraction of sp³-hybridized carbons (Fsp3) is 0.889. The van der Waals surface area contributed by atoms with Crippen LogP contribution >= 0.6 is 0 Å². The number of rotatable bonds is 4. The minimum absolute atomic E-state index is 0.250. The van der Waals surface area contributed by atoms with E-state index < -0.39 is 0 Å². The van der Waals surface area contributed by atoms with Gasteiger partial charge in [0.05, 0.1) is 0 Å². The SMILES string of the molecule is C1CC1CNCC1CC1.O=CO. The van der Waals surface area contributed by atoms with Crippen molar-refractivity contribution in [1.82, 2.24) is 5.32 Å². The summed E-state index contributed by atoms with van der Waals surface area (Å²) in [6.07, 6.45) is 5.94. The summed E-state index contributed by atoms with van der Waals surface area (Å²) in [5.41, 5.74) is 0. The zero-order valence-corrected chi connectivity index (χ0v) is 7.33. The molecule has 3 nitrogen and oxygen atoms in total. The second kappa shape index (κ2) is 5.14. The van der Waals surface area contributed by atoms with Crippen LogP contribution in [0.3, 0.4) is 0 Å². The van der Waals surface area contributed by atoms with Gasteiger partial charge in [0.1, 0.15) is 0 Å². The van der Waals surface area contributed by atoms with E-state index in [0.717, 1.165) is 11.8 Å². The van der Waals surface area contributed by atoms with E-state index in [9.17, 15) is 0 Å². The van der Waals surface area contributed by atoms with Crippen LogP contribution in [0.1, 0.15) is 25.7 Å². The first-order chi connectivity index (χ1) is 5.86. The first kappa shape index (κ1) is 9.52. The number of carboxylic acid groups (broad SMARTS) is 1. The summed E-state index contributed by atoms with van der Waals surface area (Å²) >= 11 is 0. The third-order valence-corrected chi connectivity index (χ3v) is 2.26. The summed E-state index contributed by atoms with van der Waals surface area (Å²) in [6.45, 7) is 2.35. The van der Waals surface area contributed by atoms with Gasteiger partial charge in [-0.1, -0.05) is 0 Å². The molecule has 0 amide bonds. The third kappa shape index (κ3) is 5.13. The van der Waals surface area contributed by atoms with Crippen LogP contribution < -0.4 is 5.32 Å². The molecule has 2 N–H and O–H groups in total. The molecule has 2 rings (SSSR count). The van der Waals surface area contributed by atoms with Crippen molar-refractivity contribution in [2.75, 3.05) is 13.1 Å². The Bertz CT molecular complexity index is 118. The largest absolute Gasteiger partial charge is 0.483 e. The van der Waals surface area contributed by atoms with E-state index in [2.05, 4.69) is 5.32 Å². The van der Waals surface area contributed by atoms with Crippen LogP contribution in [0.25, 0.3) is 0 Å². The number of nitrogens with one attached hydrogen (secondary N) is 1. The van der Waals surface area contributed by atoms with Crippen molar-refractivity contribution in [3.63, 3.8) is 0 Å². The average Bonchev–Trinajstić information content (AvgIpc) is 2.82. The molecule has 0 unspecified atom stereocenters. The first-order valence-corrected chi connectivity index (χ1v) is 4.65. The molecular weight excluding hydrogens is 154 g/mol. The molecule has 2 aliphatic rings. The van der Waals surface area contributed by atoms with Gasteiger partial charge >= 0.3 is 0 Å². The van der Waals surface area contributed by atoms with E-state index in [-0.39, 0.29) is 6.47 Å². The van der Waals surface area contributed by atoms with Crippen molar-refractivity contribution < 1.29 is 9.90 Å². The topological polar surface area (TPSA) is 49.3 Å². The van der Waals surface area contributed by atoms with Crippen molar-refractivity contribution in [2.45, 2.75) is 25.7 Å². The molecule has 2 saturated carbocycles. The molecule has 3 heteroatoms. The maximum atomic E-state index is 8.36. The van der Waals surface area contributed by atoms with Gasteiger partial charge in [0.25, 0.3) is 6.47 Å². The monoisotopic (exact) mass is 171 g/mol. The van der Waals surface area contributed by atoms with Crippen LogP contribution in [0.2, 0.25) is 0 Å². The van der Waals surface area contributed by atoms with E-state index in [1.54, 1.807) is 0 Å². The molecule has 0 aromatic heterocycles. The summed E-state index contributed by atoms with van der Waals surface area (Å²) < 4.78 is 0. The van der Waals surface area contributed by atoms with Gasteiger partial charge in [0.2, 0.25) is 0 Å². The molecule has 2 fully saturated rings. The lowest BCUT2D eigenvalue weighted by atomic mass is 10.4. The lowest BCUT2D eigenvalue weighted by Gasteiger charge is -1.98. The van der Waals surface area contributed by atoms with Crippen molar-refractivity contribution in [2.24, 2.45) is 11.8 Å². The van der Waals surface area contributed by atoms with Gasteiger partial charge < -0.3 is 10.4 Å². The van der Waals surface area contributed by atoms with Crippen LogP contribution in [0.15, 0.2) is 0 Å². The molecule has 2 aliphatic carbocycles. The Hall–Kier alpha value is -0.570.